The summed E-state index contributed by atoms with van der Waals surface area (Å²) < 4.78 is 0. The van der Waals surface area contributed by atoms with E-state index in [-0.39, 0.29) is 11.8 Å². The second-order valence-electron chi connectivity index (χ2n) is 7.18. The molecule has 2 aromatic heterocycles. The Bertz CT molecular complexity index is 833. The van der Waals surface area contributed by atoms with Crippen LogP contribution in [0.5, 0.6) is 0 Å². The number of nitrogens with one attached hydrogen (secondary N) is 2. The van der Waals surface area contributed by atoms with Gasteiger partial charge in [0.15, 0.2) is 0 Å². The summed E-state index contributed by atoms with van der Waals surface area (Å²) in [5.74, 6) is 0.747. The maximum absolute atomic E-state index is 11.4. The number of amides is 2. The van der Waals surface area contributed by atoms with Crippen molar-refractivity contribution in [2.75, 3.05) is 10.6 Å². The van der Waals surface area contributed by atoms with Crippen LogP contribution in [0.3, 0.4) is 0 Å². The average molecular weight is 393 g/mol. The van der Waals surface area contributed by atoms with Crippen LogP contribution in [0.4, 0.5) is 10.3 Å². The van der Waals surface area contributed by atoms with Crippen LogP contribution in [0.2, 0.25) is 0 Å². The molecule has 4 rings (SSSR count). The zero-order chi connectivity index (χ0) is 18.3. The highest BCUT2D eigenvalue weighted by Crippen LogP contribution is 2.66. The zero-order valence-electron chi connectivity index (χ0n) is 14.6. The first-order chi connectivity index (χ1) is 12.5. The molecule has 0 radical (unpaired) electrons. The van der Waals surface area contributed by atoms with E-state index in [1.807, 2.05) is 6.92 Å². The van der Waals surface area contributed by atoms with Gasteiger partial charge in [0.05, 0.1) is 0 Å². The van der Waals surface area contributed by atoms with Crippen LogP contribution in [0, 0.1) is 5.41 Å². The summed E-state index contributed by atoms with van der Waals surface area (Å²) in [6.07, 6.45) is 4.93. The Morgan fingerprint density at radius 1 is 0.962 bits per heavy atom. The summed E-state index contributed by atoms with van der Waals surface area (Å²) in [5.41, 5.74) is 0.396. The summed E-state index contributed by atoms with van der Waals surface area (Å²) in [6.45, 7) is 3.29. The van der Waals surface area contributed by atoms with E-state index in [0.29, 0.717) is 33.9 Å². The molecular formula is C16H20N6O2S2. The lowest BCUT2D eigenvalue weighted by Crippen LogP contribution is -2.45. The molecule has 2 aromatic rings. The summed E-state index contributed by atoms with van der Waals surface area (Å²) >= 11 is 2.96. The van der Waals surface area contributed by atoms with Crippen molar-refractivity contribution >= 4 is 44.8 Å². The third-order valence-electron chi connectivity index (χ3n) is 5.15. The molecule has 2 aliphatic rings. The Labute approximate surface area is 158 Å². The smallest absolute Gasteiger partial charge is 0.225 e. The fourth-order valence-corrected chi connectivity index (χ4v) is 5.66. The van der Waals surface area contributed by atoms with Crippen molar-refractivity contribution in [3.05, 3.63) is 10.0 Å². The minimum absolute atomic E-state index is 0.0321. The van der Waals surface area contributed by atoms with Crippen molar-refractivity contribution in [3.8, 4) is 0 Å². The normalized spacial score (nSPS) is 26.8. The van der Waals surface area contributed by atoms with Gasteiger partial charge in [-0.2, -0.15) is 0 Å². The minimum Gasteiger partial charge on any atom is -0.301 e. The number of nitrogens with zero attached hydrogens (tertiary/aromatic N) is 4. The van der Waals surface area contributed by atoms with Crippen LogP contribution in [-0.4, -0.2) is 32.2 Å². The molecule has 0 atom stereocenters. The van der Waals surface area contributed by atoms with Gasteiger partial charge in [-0.25, -0.2) is 0 Å². The molecule has 2 fully saturated rings. The molecule has 0 unspecified atom stereocenters. The van der Waals surface area contributed by atoms with E-state index in [0.717, 1.165) is 35.7 Å². The molecule has 0 bridgehead atoms. The van der Waals surface area contributed by atoms with Crippen LogP contribution in [-0.2, 0) is 9.59 Å². The predicted octanol–water partition coefficient (Wildman–Crippen LogP) is 3.14. The van der Waals surface area contributed by atoms with Gasteiger partial charge in [-0.1, -0.05) is 29.6 Å². The van der Waals surface area contributed by atoms with E-state index in [4.69, 9.17) is 0 Å². The highest BCUT2D eigenvalue weighted by atomic mass is 32.1. The second-order valence-corrected chi connectivity index (χ2v) is 9.20. The Balaban J connectivity index is 1.29. The molecule has 10 heteroatoms. The summed E-state index contributed by atoms with van der Waals surface area (Å²) in [6, 6.07) is 0. The summed E-state index contributed by atoms with van der Waals surface area (Å²) in [4.78, 5) is 22.5. The Morgan fingerprint density at radius 2 is 1.46 bits per heavy atom. The van der Waals surface area contributed by atoms with E-state index in [1.165, 1.54) is 29.6 Å². The lowest BCUT2D eigenvalue weighted by Gasteiger charge is -2.56. The molecule has 138 valence electrons. The highest BCUT2D eigenvalue weighted by Gasteiger charge is 2.55. The highest BCUT2D eigenvalue weighted by molar-refractivity contribution is 7.15. The van der Waals surface area contributed by atoms with Gasteiger partial charge in [0, 0.05) is 25.2 Å². The molecule has 0 saturated heterocycles. The molecule has 2 heterocycles. The molecule has 26 heavy (non-hydrogen) atoms. The quantitative estimate of drug-likeness (QED) is 0.809. The fraction of sp³-hybridized carbons (Fsp3) is 0.625. The average Bonchev–Trinajstić information content (AvgIpc) is 3.14. The van der Waals surface area contributed by atoms with Crippen molar-refractivity contribution in [1.29, 1.82) is 0 Å². The van der Waals surface area contributed by atoms with E-state index in [9.17, 15) is 9.59 Å². The molecule has 2 N–H and O–H groups in total. The number of carbonyl (C=O) groups excluding carboxylic acids is 2. The van der Waals surface area contributed by atoms with E-state index in [2.05, 4.69) is 31.0 Å². The fourth-order valence-electron chi connectivity index (χ4n) is 3.91. The maximum atomic E-state index is 11.4. The molecule has 8 nitrogen and oxygen atoms in total. The number of anilines is 2. The number of rotatable bonds is 5. The van der Waals surface area contributed by atoms with Gasteiger partial charge in [0.25, 0.3) is 0 Å². The molecule has 2 saturated carbocycles. The Hall–Kier alpha value is -1.94. The molecule has 2 amide bonds. The second kappa shape index (κ2) is 6.66. The van der Waals surface area contributed by atoms with E-state index < -0.39 is 0 Å². The first-order valence-corrected chi connectivity index (χ1v) is 10.3. The first kappa shape index (κ1) is 17.5. The predicted molar refractivity (Wildman–Crippen MR) is 99.4 cm³/mol. The van der Waals surface area contributed by atoms with Crippen molar-refractivity contribution in [2.24, 2.45) is 5.41 Å². The third-order valence-corrected chi connectivity index (χ3v) is 7.15. The first-order valence-electron chi connectivity index (χ1n) is 8.70. The SMILES string of the molecule is CCC(=O)Nc1nnc([C@H]2CC3(C[C@H](c4nnc(NC(C)=O)s4)C3)C2)s1. The van der Waals surface area contributed by atoms with Crippen LogP contribution < -0.4 is 10.6 Å². The summed E-state index contributed by atoms with van der Waals surface area (Å²) in [7, 11) is 0. The number of carbonyl (C=O) groups is 2. The van der Waals surface area contributed by atoms with Crippen LogP contribution in [0.1, 0.15) is 67.8 Å². The molecule has 0 aliphatic heterocycles. The number of hydrogen-bond acceptors (Lipinski definition) is 8. The van der Waals surface area contributed by atoms with Crippen molar-refractivity contribution in [3.63, 3.8) is 0 Å². The van der Waals surface area contributed by atoms with Gasteiger partial charge in [0.2, 0.25) is 22.1 Å². The Kier molecular flexibility index (Phi) is 4.47. The van der Waals surface area contributed by atoms with Crippen molar-refractivity contribution in [1.82, 2.24) is 20.4 Å². The number of hydrogen-bond donors (Lipinski definition) is 2. The lowest BCUT2D eigenvalue weighted by molar-refractivity contribution is -0.116. The van der Waals surface area contributed by atoms with Gasteiger partial charge >= 0.3 is 0 Å². The van der Waals surface area contributed by atoms with Crippen LogP contribution in [0.25, 0.3) is 0 Å². The van der Waals surface area contributed by atoms with Gasteiger partial charge < -0.3 is 10.6 Å². The van der Waals surface area contributed by atoms with Crippen molar-refractivity contribution in [2.45, 2.75) is 57.8 Å². The van der Waals surface area contributed by atoms with Gasteiger partial charge in [-0.15, -0.1) is 20.4 Å². The van der Waals surface area contributed by atoms with Crippen LogP contribution in [0.15, 0.2) is 0 Å². The van der Waals surface area contributed by atoms with Crippen molar-refractivity contribution < 1.29 is 9.59 Å². The molecule has 2 aliphatic carbocycles. The monoisotopic (exact) mass is 392 g/mol. The van der Waals surface area contributed by atoms with Gasteiger partial charge in [-0.3, -0.25) is 9.59 Å². The lowest BCUT2D eigenvalue weighted by atomic mass is 9.48. The summed E-state index contributed by atoms with van der Waals surface area (Å²) in [5, 5.41) is 25.3. The maximum Gasteiger partial charge on any atom is 0.225 e. The van der Waals surface area contributed by atoms with E-state index >= 15 is 0 Å². The largest absolute Gasteiger partial charge is 0.301 e. The number of aromatic nitrogens is 4. The van der Waals surface area contributed by atoms with Crippen LogP contribution >= 0.6 is 22.7 Å². The molecule has 0 aromatic carbocycles. The van der Waals surface area contributed by atoms with Gasteiger partial charge in [0.1, 0.15) is 10.0 Å². The van der Waals surface area contributed by atoms with E-state index in [1.54, 1.807) is 0 Å². The molecular weight excluding hydrogens is 372 g/mol. The topological polar surface area (TPSA) is 110 Å². The standard InChI is InChI=1S/C16H20N6O2S2/c1-3-11(24)18-15-22-20-13(26-15)10-6-16(7-10)4-9(5-16)12-19-21-14(25-12)17-8(2)23/h9-10H,3-7H2,1-2H3,(H,17,21,23)(H,18,22,24)/t9-,10-,16?. The minimum atomic E-state index is -0.119. The van der Waals surface area contributed by atoms with Gasteiger partial charge in [-0.05, 0) is 31.1 Å². The third kappa shape index (κ3) is 3.35. The molecule has 1 spiro atoms. The Morgan fingerprint density at radius 3 is 1.92 bits per heavy atom. The zero-order valence-corrected chi connectivity index (χ0v) is 16.2.